The molecule has 6 rings (SSSR count). The zero-order valence-electron chi connectivity index (χ0n) is 19.9. The van der Waals surface area contributed by atoms with Crippen molar-refractivity contribution in [2.24, 2.45) is 0 Å². The van der Waals surface area contributed by atoms with Crippen LogP contribution in [0.25, 0.3) is 28.0 Å². The SMILES string of the molecule is Nc1ncc(-c2ccc(C(=O)N3CCCNCC3)cc2)nc1C(Nc1nc2ccccc2[nH]1)=C1CC1. The molecule has 0 atom stereocenters. The van der Waals surface area contributed by atoms with Crippen molar-refractivity contribution in [3.05, 3.63) is 71.6 Å². The van der Waals surface area contributed by atoms with Gasteiger partial charge in [0.15, 0.2) is 5.82 Å². The van der Waals surface area contributed by atoms with E-state index >= 15 is 0 Å². The molecule has 0 radical (unpaired) electrons. The Morgan fingerprint density at radius 1 is 1.00 bits per heavy atom. The minimum Gasteiger partial charge on any atom is -0.382 e. The number of nitrogens with two attached hydrogens (primary N) is 1. The molecule has 36 heavy (non-hydrogen) atoms. The van der Waals surface area contributed by atoms with Gasteiger partial charge < -0.3 is 26.3 Å². The highest BCUT2D eigenvalue weighted by Gasteiger charge is 2.24. The third-order valence-electron chi connectivity index (χ3n) is 6.58. The average Bonchev–Trinajstić information content (AvgIpc) is 3.71. The van der Waals surface area contributed by atoms with Gasteiger partial charge in [-0.3, -0.25) is 4.79 Å². The lowest BCUT2D eigenvalue weighted by molar-refractivity contribution is 0.0766. The molecule has 5 N–H and O–H groups in total. The number of aromatic amines is 1. The van der Waals surface area contributed by atoms with Crippen LogP contribution < -0.4 is 16.4 Å². The molecule has 0 unspecified atom stereocenters. The van der Waals surface area contributed by atoms with E-state index in [0.29, 0.717) is 28.7 Å². The predicted octanol–water partition coefficient (Wildman–Crippen LogP) is 3.65. The molecule has 9 nitrogen and oxygen atoms in total. The number of aromatic nitrogens is 4. The Labute approximate surface area is 208 Å². The third-order valence-corrected chi connectivity index (χ3v) is 6.58. The highest BCUT2D eigenvalue weighted by atomic mass is 16.2. The number of carbonyl (C=O) groups is 1. The Hall–Kier alpha value is -4.24. The summed E-state index contributed by atoms with van der Waals surface area (Å²) in [4.78, 5) is 32.1. The van der Waals surface area contributed by atoms with Crippen molar-refractivity contribution >= 4 is 34.4 Å². The van der Waals surface area contributed by atoms with E-state index in [-0.39, 0.29) is 5.91 Å². The minimum absolute atomic E-state index is 0.0603. The van der Waals surface area contributed by atoms with Crippen LogP contribution in [0.3, 0.4) is 0 Å². The molecule has 1 aliphatic carbocycles. The lowest BCUT2D eigenvalue weighted by Gasteiger charge is -2.20. The zero-order chi connectivity index (χ0) is 24.5. The molecule has 2 aromatic heterocycles. The van der Waals surface area contributed by atoms with Crippen molar-refractivity contribution in [1.29, 1.82) is 0 Å². The van der Waals surface area contributed by atoms with Crippen molar-refractivity contribution < 1.29 is 4.79 Å². The van der Waals surface area contributed by atoms with Crippen molar-refractivity contribution in [3.8, 4) is 11.3 Å². The first-order valence-electron chi connectivity index (χ1n) is 12.3. The van der Waals surface area contributed by atoms with Crippen LogP contribution in [-0.2, 0) is 0 Å². The van der Waals surface area contributed by atoms with Crippen LogP contribution in [0.5, 0.6) is 0 Å². The van der Waals surface area contributed by atoms with Crippen molar-refractivity contribution in [2.75, 3.05) is 37.2 Å². The van der Waals surface area contributed by atoms with Gasteiger partial charge in [-0.2, -0.15) is 0 Å². The number of nitrogens with one attached hydrogen (secondary N) is 3. The van der Waals surface area contributed by atoms with Gasteiger partial charge in [-0.15, -0.1) is 0 Å². The van der Waals surface area contributed by atoms with Crippen molar-refractivity contribution in [3.63, 3.8) is 0 Å². The summed E-state index contributed by atoms with van der Waals surface area (Å²) < 4.78 is 0. The second kappa shape index (κ2) is 9.43. The summed E-state index contributed by atoms with van der Waals surface area (Å²) in [6.45, 7) is 3.27. The summed E-state index contributed by atoms with van der Waals surface area (Å²) in [7, 11) is 0. The van der Waals surface area contributed by atoms with E-state index in [9.17, 15) is 4.79 Å². The number of rotatable bonds is 5. The Bertz CT molecular complexity index is 1410. The van der Waals surface area contributed by atoms with E-state index in [1.54, 1.807) is 6.20 Å². The Kier molecular flexibility index (Phi) is 5.82. The second-order valence-electron chi connectivity index (χ2n) is 9.17. The van der Waals surface area contributed by atoms with Gasteiger partial charge in [-0.05, 0) is 55.6 Å². The first-order valence-corrected chi connectivity index (χ1v) is 12.3. The Morgan fingerprint density at radius 3 is 2.64 bits per heavy atom. The molecule has 3 heterocycles. The predicted molar refractivity (Wildman–Crippen MR) is 141 cm³/mol. The molecule has 9 heteroatoms. The van der Waals surface area contributed by atoms with Gasteiger partial charge in [0.2, 0.25) is 5.95 Å². The standard InChI is InChI=1S/C27H28N8O/c28-25-24(23(18-8-9-18)34-27-32-20-4-1-2-5-21(20)33-27)31-22(16-30-25)17-6-10-19(11-7-17)26(36)35-14-3-12-29-13-15-35/h1-2,4-7,10-11,16,29H,3,8-9,12-15H2,(H2,28,30)(H2,32,33,34). The molecule has 1 amide bonds. The number of hydrogen-bond donors (Lipinski definition) is 4. The maximum absolute atomic E-state index is 12.9. The number of allylic oxidation sites excluding steroid dienone is 1. The van der Waals surface area contributed by atoms with E-state index in [1.807, 2.05) is 53.4 Å². The molecule has 1 saturated carbocycles. The number of para-hydroxylation sites is 2. The van der Waals surface area contributed by atoms with Crippen molar-refractivity contribution in [2.45, 2.75) is 19.3 Å². The summed E-state index contributed by atoms with van der Waals surface area (Å²) in [6.07, 6.45) is 4.60. The van der Waals surface area contributed by atoms with E-state index in [2.05, 4.69) is 25.6 Å². The number of H-pyrrole nitrogens is 1. The first kappa shape index (κ1) is 22.2. The molecule has 2 aromatic carbocycles. The average molecular weight is 481 g/mol. The van der Waals surface area contributed by atoms with Gasteiger partial charge in [-0.1, -0.05) is 24.3 Å². The maximum atomic E-state index is 12.9. The van der Waals surface area contributed by atoms with Crippen LogP contribution in [0.2, 0.25) is 0 Å². The molecule has 1 saturated heterocycles. The topological polar surface area (TPSA) is 125 Å². The molecule has 0 spiro atoms. The van der Waals surface area contributed by atoms with Crippen LogP contribution >= 0.6 is 0 Å². The second-order valence-corrected chi connectivity index (χ2v) is 9.17. The van der Waals surface area contributed by atoms with Crippen LogP contribution in [0, 0.1) is 0 Å². The van der Waals surface area contributed by atoms with Gasteiger partial charge >= 0.3 is 0 Å². The maximum Gasteiger partial charge on any atom is 0.253 e. The van der Waals surface area contributed by atoms with E-state index in [4.69, 9.17) is 10.7 Å². The summed E-state index contributed by atoms with van der Waals surface area (Å²) in [5, 5.41) is 6.74. The summed E-state index contributed by atoms with van der Waals surface area (Å²) in [5.41, 5.74) is 13.1. The lowest BCUT2D eigenvalue weighted by Crippen LogP contribution is -2.34. The molecule has 2 aliphatic rings. The Balaban J connectivity index is 1.26. The number of nitrogens with zero attached hydrogens (tertiary/aromatic N) is 4. The third kappa shape index (κ3) is 4.52. The number of nitrogen functional groups attached to an aromatic ring is 1. The van der Waals surface area contributed by atoms with Gasteiger partial charge in [0, 0.05) is 30.8 Å². The fourth-order valence-corrected chi connectivity index (χ4v) is 4.49. The van der Waals surface area contributed by atoms with Gasteiger partial charge in [0.25, 0.3) is 5.91 Å². The number of anilines is 2. The monoisotopic (exact) mass is 480 g/mol. The van der Waals surface area contributed by atoms with Gasteiger partial charge in [0.05, 0.1) is 28.6 Å². The number of hydrogen-bond acceptors (Lipinski definition) is 7. The Morgan fingerprint density at radius 2 is 1.83 bits per heavy atom. The normalized spacial score (nSPS) is 15.6. The molecule has 4 aromatic rings. The minimum atomic E-state index is 0.0603. The lowest BCUT2D eigenvalue weighted by atomic mass is 10.1. The summed E-state index contributed by atoms with van der Waals surface area (Å²) in [6, 6.07) is 15.5. The van der Waals surface area contributed by atoms with Crippen LogP contribution in [-0.4, -0.2) is 56.9 Å². The fraction of sp³-hybridized carbons (Fsp3) is 0.259. The van der Waals surface area contributed by atoms with Crippen LogP contribution in [0.15, 0.2) is 60.3 Å². The molecule has 0 bridgehead atoms. The largest absolute Gasteiger partial charge is 0.382 e. The number of amides is 1. The zero-order valence-corrected chi connectivity index (χ0v) is 19.9. The number of imidazole rings is 1. The number of carbonyl (C=O) groups excluding carboxylic acids is 1. The van der Waals surface area contributed by atoms with Crippen LogP contribution in [0.1, 0.15) is 35.3 Å². The highest BCUT2D eigenvalue weighted by molar-refractivity contribution is 5.94. The first-order chi connectivity index (χ1) is 17.7. The van der Waals surface area contributed by atoms with E-state index < -0.39 is 0 Å². The molecule has 182 valence electrons. The van der Waals surface area contributed by atoms with Gasteiger partial charge in [0.1, 0.15) is 5.69 Å². The highest BCUT2D eigenvalue weighted by Crippen LogP contribution is 2.38. The number of benzene rings is 2. The van der Waals surface area contributed by atoms with Gasteiger partial charge in [-0.25, -0.2) is 15.0 Å². The molecule has 1 aliphatic heterocycles. The number of fused-ring (bicyclic) bond motifs is 1. The summed E-state index contributed by atoms with van der Waals surface area (Å²) in [5.74, 6) is 1.06. The smallest absolute Gasteiger partial charge is 0.253 e. The van der Waals surface area contributed by atoms with Crippen LogP contribution in [0.4, 0.5) is 11.8 Å². The van der Waals surface area contributed by atoms with E-state index in [1.165, 1.54) is 5.57 Å². The molecular formula is C27H28N8O. The van der Waals surface area contributed by atoms with E-state index in [0.717, 1.165) is 67.7 Å². The quantitative estimate of drug-likeness (QED) is 0.344. The molecular weight excluding hydrogens is 452 g/mol. The van der Waals surface area contributed by atoms with Crippen molar-refractivity contribution in [1.82, 2.24) is 30.2 Å². The molecule has 2 fully saturated rings. The fourth-order valence-electron chi connectivity index (χ4n) is 4.49. The summed E-state index contributed by atoms with van der Waals surface area (Å²) >= 11 is 0.